The number of esters is 2. The predicted octanol–water partition coefficient (Wildman–Crippen LogP) is 0.438. The van der Waals surface area contributed by atoms with Crippen molar-refractivity contribution in [1.29, 1.82) is 0 Å². The molecule has 1 heterocycles. The van der Waals surface area contributed by atoms with Crippen LogP contribution in [0.3, 0.4) is 0 Å². The van der Waals surface area contributed by atoms with Crippen LogP contribution in [0.15, 0.2) is 11.1 Å². The Morgan fingerprint density at radius 1 is 1.47 bits per heavy atom. The number of cyclic esters (lactones) is 1. The van der Waals surface area contributed by atoms with E-state index in [9.17, 15) is 9.59 Å². The van der Waals surface area contributed by atoms with Crippen LogP contribution < -0.4 is 0 Å². The smallest absolute Gasteiger partial charge is 0.346 e. The number of rotatable bonds is 3. The zero-order chi connectivity index (χ0) is 11.6. The van der Waals surface area contributed by atoms with E-state index in [1.54, 1.807) is 13.8 Å². The molecule has 5 nitrogen and oxygen atoms in total. The first-order valence-corrected chi connectivity index (χ1v) is 4.48. The number of hydrogen-bond donors (Lipinski definition) is 0. The number of carbonyl (C=O) groups is 2. The third-order valence-corrected chi connectivity index (χ3v) is 2.50. The zero-order valence-electron chi connectivity index (χ0n) is 9.25. The van der Waals surface area contributed by atoms with Gasteiger partial charge in [-0.1, -0.05) is 0 Å². The summed E-state index contributed by atoms with van der Waals surface area (Å²) in [4.78, 5) is 22.7. The molecular weight excluding hydrogens is 200 g/mol. The largest absolute Gasteiger partial charge is 0.465 e. The Morgan fingerprint density at radius 3 is 2.53 bits per heavy atom. The van der Waals surface area contributed by atoms with Gasteiger partial charge in [0.25, 0.3) is 0 Å². The molecule has 84 valence electrons. The van der Waals surface area contributed by atoms with Crippen molar-refractivity contribution < 1.29 is 23.8 Å². The minimum atomic E-state index is -0.866. The van der Waals surface area contributed by atoms with Crippen LogP contribution >= 0.6 is 0 Å². The molecule has 0 saturated heterocycles. The summed E-state index contributed by atoms with van der Waals surface area (Å²) in [6.45, 7) is 3.57. The Labute approximate surface area is 88.0 Å². The molecule has 0 aliphatic carbocycles. The van der Waals surface area contributed by atoms with E-state index in [4.69, 9.17) is 9.47 Å². The molecule has 0 aromatic rings. The zero-order valence-corrected chi connectivity index (χ0v) is 9.25. The summed E-state index contributed by atoms with van der Waals surface area (Å²) < 4.78 is 14.6. The Hall–Kier alpha value is -1.36. The average Bonchev–Trinajstić information content (AvgIpc) is 2.38. The summed E-state index contributed by atoms with van der Waals surface area (Å²) in [6, 6.07) is 0. The third kappa shape index (κ3) is 1.87. The molecule has 1 atom stereocenters. The molecule has 0 spiro atoms. The van der Waals surface area contributed by atoms with Crippen molar-refractivity contribution >= 4 is 11.9 Å². The van der Waals surface area contributed by atoms with Gasteiger partial charge in [-0.25, -0.2) is 9.59 Å². The maximum absolute atomic E-state index is 11.4. The van der Waals surface area contributed by atoms with E-state index >= 15 is 0 Å². The summed E-state index contributed by atoms with van der Waals surface area (Å²) in [7, 11) is 2.73. The van der Waals surface area contributed by atoms with Crippen LogP contribution in [-0.4, -0.2) is 38.4 Å². The van der Waals surface area contributed by atoms with Gasteiger partial charge in [-0.3, -0.25) is 0 Å². The van der Waals surface area contributed by atoms with Gasteiger partial charge < -0.3 is 14.2 Å². The lowest BCUT2D eigenvalue weighted by Gasteiger charge is -2.23. The fraction of sp³-hybridized carbons (Fsp3) is 0.600. The molecule has 0 saturated carbocycles. The van der Waals surface area contributed by atoms with Crippen LogP contribution in [0.1, 0.15) is 13.8 Å². The van der Waals surface area contributed by atoms with Crippen LogP contribution in [0.5, 0.6) is 0 Å². The number of methoxy groups -OCH3 is 2. The highest BCUT2D eigenvalue weighted by Crippen LogP contribution is 2.32. The maximum atomic E-state index is 11.4. The second-order valence-electron chi connectivity index (χ2n) is 3.54. The van der Waals surface area contributed by atoms with Crippen LogP contribution in [0.2, 0.25) is 0 Å². The summed E-state index contributed by atoms with van der Waals surface area (Å²) in [5.74, 6) is -1.32. The number of carbonyl (C=O) groups excluding carboxylic acids is 2. The van der Waals surface area contributed by atoms with Gasteiger partial charge in [-0.15, -0.1) is 0 Å². The van der Waals surface area contributed by atoms with Crippen LogP contribution in [0.25, 0.3) is 0 Å². The van der Waals surface area contributed by atoms with Gasteiger partial charge in [-0.2, -0.15) is 0 Å². The first-order chi connectivity index (χ1) is 6.96. The van der Waals surface area contributed by atoms with E-state index in [0.717, 1.165) is 0 Å². The lowest BCUT2D eigenvalue weighted by Crippen LogP contribution is -2.32. The molecule has 15 heavy (non-hydrogen) atoms. The molecule has 0 aromatic carbocycles. The molecule has 1 aliphatic heterocycles. The highest BCUT2D eigenvalue weighted by atomic mass is 16.6. The highest BCUT2D eigenvalue weighted by molar-refractivity contribution is 6.16. The van der Waals surface area contributed by atoms with Crippen molar-refractivity contribution in [3.05, 3.63) is 11.1 Å². The fourth-order valence-electron chi connectivity index (χ4n) is 1.50. The van der Waals surface area contributed by atoms with Crippen molar-refractivity contribution in [3.8, 4) is 0 Å². The topological polar surface area (TPSA) is 61.8 Å². The van der Waals surface area contributed by atoms with E-state index in [-0.39, 0.29) is 12.2 Å². The Balaban J connectivity index is 3.08. The van der Waals surface area contributed by atoms with E-state index in [1.807, 2.05) is 0 Å². The van der Waals surface area contributed by atoms with Gasteiger partial charge in [0.1, 0.15) is 5.57 Å². The van der Waals surface area contributed by atoms with Crippen molar-refractivity contribution in [3.63, 3.8) is 0 Å². The van der Waals surface area contributed by atoms with Gasteiger partial charge in [0.2, 0.25) is 0 Å². The highest BCUT2D eigenvalue weighted by Gasteiger charge is 2.44. The van der Waals surface area contributed by atoms with Gasteiger partial charge in [0, 0.05) is 7.11 Å². The number of ether oxygens (including phenoxy) is 3. The molecule has 0 N–H and O–H groups in total. The van der Waals surface area contributed by atoms with Crippen LogP contribution in [0, 0.1) is 0 Å². The second-order valence-corrected chi connectivity index (χ2v) is 3.54. The third-order valence-electron chi connectivity index (χ3n) is 2.50. The molecule has 0 amide bonds. The molecule has 0 unspecified atom stereocenters. The van der Waals surface area contributed by atoms with Crippen LogP contribution in [0.4, 0.5) is 0 Å². The Morgan fingerprint density at radius 2 is 2.07 bits per heavy atom. The van der Waals surface area contributed by atoms with Gasteiger partial charge in [-0.05, 0) is 19.4 Å². The van der Waals surface area contributed by atoms with Gasteiger partial charge in [0.05, 0.1) is 13.7 Å². The summed E-state index contributed by atoms with van der Waals surface area (Å²) in [5, 5.41) is 0. The van der Waals surface area contributed by atoms with Gasteiger partial charge >= 0.3 is 11.9 Å². The van der Waals surface area contributed by atoms with Crippen molar-refractivity contribution in [2.24, 2.45) is 0 Å². The van der Waals surface area contributed by atoms with Crippen molar-refractivity contribution in [1.82, 2.24) is 0 Å². The monoisotopic (exact) mass is 214 g/mol. The predicted molar refractivity (Wildman–Crippen MR) is 51.1 cm³/mol. The van der Waals surface area contributed by atoms with Crippen molar-refractivity contribution in [2.45, 2.75) is 19.4 Å². The van der Waals surface area contributed by atoms with Crippen molar-refractivity contribution in [2.75, 3.05) is 20.8 Å². The van der Waals surface area contributed by atoms with E-state index in [1.165, 1.54) is 14.2 Å². The second kappa shape index (κ2) is 4.02. The molecule has 1 aliphatic rings. The fourth-order valence-corrected chi connectivity index (χ4v) is 1.50. The van der Waals surface area contributed by atoms with E-state index in [2.05, 4.69) is 4.74 Å². The SMILES string of the molecule is COC[C@]1(C)OC(=O)C(C(=O)OC)=C1C. The lowest BCUT2D eigenvalue weighted by molar-refractivity contribution is -0.151. The molecule has 5 heteroatoms. The number of hydrogen-bond acceptors (Lipinski definition) is 5. The maximum Gasteiger partial charge on any atom is 0.346 e. The Kier molecular flexibility index (Phi) is 3.14. The summed E-state index contributed by atoms with van der Waals surface area (Å²) in [5.41, 5.74) is -0.353. The standard InChI is InChI=1S/C10H14O5/c1-6-7(8(11)14-4)9(12)15-10(6,2)5-13-3/h5H2,1-4H3/t10-/m0/s1. The summed E-state index contributed by atoms with van der Waals surface area (Å²) in [6.07, 6.45) is 0. The average molecular weight is 214 g/mol. The molecule has 0 radical (unpaired) electrons. The molecule has 0 aromatic heterocycles. The normalized spacial score (nSPS) is 25.5. The quantitative estimate of drug-likeness (QED) is 0.504. The molecular formula is C10H14O5. The molecule has 0 fully saturated rings. The summed E-state index contributed by atoms with van der Waals surface area (Å²) >= 11 is 0. The molecule has 1 rings (SSSR count). The first kappa shape index (κ1) is 11.7. The van der Waals surface area contributed by atoms with E-state index in [0.29, 0.717) is 5.57 Å². The minimum absolute atomic E-state index is 0.0305. The van der Waals surface area contributed by atoms with Crippen LogP contribution in [-0.2, 0) is 23.8 Å². The first-order valence-electron chi connectivity index (χ1n) is 4.48. The minimum Gasteiger partial charge on any atom is -0.465 e. The van der Waals surface area contributed by atoms with E-state index < -0.39 is 17.5 Å². The van der Waals surface area contributed by atoms with Gasteiger partial charge in [0.15, 0.2) is 5.60 Å². The lowest BCUT2D eigenvalue weighted by atomic mass is 9.96. The molecule has 0 bridgehead atoms. The Bertz CT molecular complexity index is 331.